The first kappa shape index (κ1) is 13.0. The highest BCUT2D eigenvalue weighted by atomic mass is 16.5. The summed E-state index contributed by atoms with van der Waals surface area (Å²) in [5.41, 5.74) is 7.02. The van der Waals surface area contributed by atoms with Gasteiger partial charge in [0.25, 0.3) is 0 Å². The number of pyridine rings is 1. The van der Waals surface area contributed by atoms with E-state index in [1.165, 1.54) is 0 Å². The van der Waals surface area contributed by atoms with E-state index < -0.39 is 0 Å². The van der Waals surface area contributed by atoms with E-state index in [9.17, 15) is 0 Å². The largest absolute Gasteiger partial charge is 0.439 e. The van der Waals surface area contributed by atoms with E-state index in [4.69, 9.17) is 20.6 Å². The summed E-state index contributed by atoms with van der Waals surface area (Å²) >= 11 is 0. The molecule has 0 spiro atoms. The lowest BCUT2D eigenvalue weighted by Gasteiger charge is -2.07. The van der Waals surface area contributed by atoms with Crippen LogP contribution < -0.4 is 10.5 Å². The maximum Gasteiger partial charge on any atom is 0.219 e. The Morgan fingerprint density at radius 1 is 1.32 bits per heavy atom. The molecule has 3 N–H and O–H groups in total. The molecule has 5 nitrogen and oxygen atoms in total. The third kappa shape index (κ3) is 3.53. The number of hydrogen-bond acceptors (Lipinski definition) is 4. The quantitative estimate of drug-likeness (QED) is 0.636. The second-order valence-corrected chi connectivity index (χ2v) is 3.98. The number of ether oxygens (including phenoxy) is 2. The number of nitrogens with zero attached hydrogens (tertiary/aromatic N) is 1. The van der Waals surface area contributed by atoms with Crippen molar-refractivity contribution in [2.75, 3.05) is 7.11 Å². The van der Waals surface area contributed by atoms with Crippen LogP contribution in [0.15, 0.2) is 42.6 Å². The number of aromatic nitrogens is 1. The molecule has 0 atom stereocenters. The molecule has 0 aliphatic carbocycles. The summed E-state index contributed by atoms with van der Waals surface area (Å²) in [7, 11) is 1.64. The van der Waals surface area contributed by atoms with Gasteiger partial charge in [0.1, 0.15) is 11.6 Å². The Morgan fingerprint density at radius 2 is 2.16 bits per heavy atom. The minimum Gasteiger partial charge on any atom is -0.439 e. The maximum atomic E-state index is 7.38. The van der Waals surface area contributed by atoms with Gasteiger partial charge in [-0.25, -0.2) is 4.98 Å². The molecular formula is C14H15N3O2. The predicted octanol–water partition coefficient (Wildman–Crippen LogP) is 2.30. The Morgan fingerprint density at radius 3 is 2.89 bits per heavy atom. The summed E-state index contributed by atoms with van der Waals surface area (Å²) in [5, 5.41) is 7.38. The van der Waals surface area contributed by atoms with Crippen LogP contribution in [0.5, 0.6) is 11.6 Å². The molecule has 0 bridgehead atoms. The van der Waals surface area contributed by atoms with Crippen LogP contribution in [-0.4, -0.2) is 17.9 Å². The molecular weight excluding hydrogens is 242 g/mol. The van der Waals surface area contributed by atoms with Crippen LogP contribution in [0.1, 0.15) is 11.1 Å². The molecule has 1 aromatic heterocycles. The Bertz CT molecular complexity index is 584. The third-order valence-electron chi connectivity index (χ3n) is 2.48. The lowest BCUT2D eigenvalue weighted by molar-refractivity contribution is 0.184. The number of amidine groups is 1. The van der Waals surface area contributed by atoms with Gasteiger partial charge in [-0.1, -0.05) is 12.1 Å². The van der Waals surface area contributed by atoms with E-state index in [1.54, 1.807) is 25.4 Å². The fourth-order valence-electron chi connectivity index (χ4n) is 1.62. The average Bonchev–Trinajstić information content (AvgIpc) is 2.40. The summed E-state index contributed by atoms with van der Waals surface area (Å²) in [4.78, 5) is 4.09. The van der Waals surface area contributed by atoms with Gasteiger partial charge in [0.2, 0.25) is 5.88 Å². The summed E-state index contributed by atoms with van der Waals surface area (Å²) in [6.45, 7) is 0.526. The molecule has 0 fully saturated rings. The van der Waals surface area contributed by atoms with Crippen LogP contribution in [0.4, 0.5) is 0 Å². The standard InChI is InChI=1S/C14H15N3O2/c1-18-9-10-3-2-4-12(7-10)19-13-8-11(14(15)16)5-6-17-13/h2-8H,9H2,1H3,(H3,15,16). The van der Waals surface area contributed by atoms with Gasteiger partial charge in [0.15, 0.2) is 0 Å². The summed E-state index contributed by atoms with van der Waals surface area (Å²) in [5.74, 6) is 1.06. The molecule has 1 aromatic carbocycles. The van der Waals surface area contributed by atoms with Crippen molar-refractivity contribution in [1.82, 2.24) is 4.98 Å². The van der Waals surface area contributed by atoms with Crippen LogP contribution in [0, 0.1) is 5.41 Å². The maximum absolute atomic E-state index is 7.38. The monoisotopic (exact) mass is 257 g/mol. The molecule has 2 rings (SSSR count). The van der Waals surface area contributed by atoms with E-state index in [2.05, 4.69) is 4.98 Å². The highest BCUT2D eigenvalue weighted by Gasteiger charge is 2.03. The molecule has 0 saturated carbocycles. The van der Waals surface area contributed by atoms with Gasteiger partial charge in [0, 0.05) is 24.9 Å². The molecule has 0 amide bonds. The van der Waals surface area contributed by atoms with E-state index in [-0.39, 0.29) is 5.84 Å². The van der Waals surface area contributed by atoms with Crippen molar-refractivity contribution in [1.29, 1.82) is 5.41 Å². The molecule has 0 saturated heterocycles. The van der Waals surface area contributed by atoms with Gasteiger partial charge < -0.3 is 15.2 Å². The topological polar surface area (TPSA) is 81.2 Å². The first-order chi connectivity index (χ1) is 9.19. The number of hydrogen-bond donors (Lipinski definition) is 2. The molecule has 0 aliphatic rings. The van der Waals surface area contributed by atoms with Crippen LogP contribution in [0.3, 0.4) is 0 Å². The zero-order chi connectivity index (χ0) is 13.7. The van der Waals surface area contributed by atoms with Gasteiger partial charge in [-0.3, -0.25) is 5.41 Å². The number of rotatable bonds is 5. The van der Waals surface area contributed by atoms with Crippen molar-refractivity contribution in [3.63, 3.8) is 0 Å². The average molecular weight is 257 g/mol. The lowest BCUT2D eigenvalue weighted by Crippen LogP contribution is -2.11. The number of methoxy groups -OCH3 is 1. The smallest absolute Gasteiger partial charge is 0.219 e. The van der Waals surface area contributed by atoms with E-state index >= 15 is 0 Å². The van der Waals surface area contributed by atoms with Gasteiger partial charge in [-0.2, -0.15) is 0 Å². The molecule has 1 heterocycles. The SMILES string of the molecule is COCc1cccc(Oc2cc(C(=N)N)ccn2)c1. The minimum absolute atomic E-state index is 0.0135. The Hall–Kier alpha value is -2.40. The molecule has 0 aliphatic heterocycles. The molecule has 0 unspecified atom stereocenters. The first-order valence-corrected chi connectivity index (χ1v) is 5.75. The molecule has 0 radical (unpaired) electrons. The zero-order valence-electron chi connectivity index (χ0n) is 10.6. The van der Waals surface area contributed by atoms with Crippen molar-refractivity contribution < 1.29 is 9.47 Å². The van der Waals surface area contributed by atoms with Crippen molar-refractivity contribution in [3.8, 4) is 11.6 Å². The number of nitrogen functional groups attached to an aromatic ring is 1. The predicted molar refractivity (Wildman–Crippen MR) is 72.5 cm³/mol. The zero-order valence-corrected chi connectivity index (χ0v) is 10.6. The van der Waals surface area contributed by atoms with Crippen LogP contribution >= 0.6 is 0 Å². The van der Waals surface area contributed by atoms with Crippen LogP contribution in [-0.2, 0) is 11.3 Å². The van der Waals surface area contributed by atoms with Gasteiger partial charge in [-0.05, 0) is 23.8 Å². The number of nitrogens with two attached hydrogens (primary N) is 1. The highest BCUT2D eigenvalue weighted by Crippen LogP contribution is 2.21. The van der Waals surface area contributed by atoms with Crippen molar-refractivity contribution >= 4 is 5.84 Å². The Kier molecular flexibility index (Phi) is 4.10. The Labute approximate surface area is 111 Å². The van der Waals surface area contributed by atoms with Crippen LogP contribution in [0.25, 0.3) is 0 Å². The Balaban J connectivity index is 2.18. The van der Waals surface area contributed by atoms with Gasteiger partial charge >= 0.3 is 0 Å². The third-order valence-corrected chi connectivity index (χ3v) is 2.48. The molecule has 2 aromatic rings. The molecule has 5 heteroatoms. The second-order valence-electron chi connectivity index (χ2n) is 3.98. The van der Waals surface area contributed by atoms with Gasteiger partial charge in [0.05, 0.1) is 6.61 Å². The first-order valence-electron chi connectivity index (χ1n) is 5.75. The molecule has 19 heavy (non-hydrogen) atoms. The van der Waals surface area contributed by atoms with Crippen molar-refractivity contribution in [2.45, 2.75) is 6.61 Å². The van der Waals surface area contributed by atoms with E-state index in [1.807, 2.05) is 24.3 Å². The van der Waals surface area contributed by atoms with E-state index in [0.717, 1.165) is 5.56 Å². The van der Waals surface area contributed by atoms with Crippen LogP contribution in [0.2, 0.25) is 0 Å². The fraction of sp³-hybridized carbons (Fsp3) is 0.143. The van der Waals surface area contributed by atoms with Crippen molar-refractivity contribution in [3.05, 3.63) is 53.7 Å². The number of nitrogens with one attached hydrogen (secondary N) is 1. The van der Waals surface area contributed by atoms with Gasteiger partial charge in [-0.15, -0.1) is 0 Å². The minimum atomic E-state index is -0.0135. The number of benzene rings is 1. The van der Waals surface area contributed by atoms with Crippen molar-refractivity contribution in [2.24, 2.45) is 5.73 Å². The second kappa shape index (κ2) is 5.97. The summed E-state index contributed by atoms with van der Waals surface area (Å²) in [6.07, 6.45) is 1.56. The molecule has 98 valence electrons. The normalized spacial score (nSPS) is 10.2. The summed E-state index contributed by atoms with van der Waals surface area (Å²) < 4.78 is 10.7. The van der Waals surface area contributed by atoms with E-state index in [0.29, 0.717) is 23.8 Å². The lowest BCUT2D eigenvalue weighted by atomic mass is 10.2. The fourth-order valence-corrected chi connectivity index (χ4v) is 1.62. The summed E-state index contributed by atoms with van der Waals surface area (Å²) in [6, 6.07) is 10.9. The highest BCUT2D eigenvalue weighted by molar-refractivity contribution is 5.95.